The Morgan fingerprint density at radius 2 is 1.93 bits per heavy atom. The highest BCUT2D eigenvalue weighted by Crippen LogP contribution is 2.24. The molecule has 0 saturated carbocycles. The number of carbonyl (C=O) groups excluding carboxylic acids is 2. The number of nitrogens with one attached hydrogen (secondary N) is 1. The number of anilines is 1. The van der Waals surface area contributed by atoms with E-state index in [0.717, 1.165) is 5.56 Å². The van der Waals surface area contributed by atoms with E-state index in [9.17, 15) is 9.59 Å². The molecule has 1 saturated heterocycles. The standard InChI is InChI=1S/C21H18N6O2S/c22-10-15-6-8-17(9-7-15)23-20(28)19-13-30-14-27(19)21(29)18-12-26(25-24-18)11-16-4-2-1-3-5-16/h1-9,12,19H,11,13-14H2,(H,23,28). The Kier molecular flexibility index (Phi) is 5.77. The third kappa shape index (κ3) is 4.34. The molecule has 1 unspecified atom stereocenters. The van der Waals surface area contributed by atoms with Gasteiger partial charge in [0, 0.05) is 11.4 Å². The lowest BCUT2D eigenvalue weighted by Gasteiger charge is -2.22. The van der Waals surface area contributed by atoms with E-state index in [4.69, 9.17) is 5.26 Å². The molecule has 2 aromatic carbocycles. The van der Waals surface area contributed by atoms with Gasteiger partial charge in [-0.15, -0.1) is 16.9 Å². The highest BCUT2D eigenvalue weighted by Gasteiger charge is 2.36. The van der Waals surface area contributed by atoms with Crippen LogP contribution in [0.25, 0.3) is 0 Å². The van der Waals surface area contributed by atoms with Crippen LogP contribution in [-0.4, -0.2) is 49.4 Å². The van der Waals surface area contributed by atoms with E-state index in [1.165, 1.54) is 16.7 Å². The predicted octanol–water partition coefficient (Wildman–Crippen LogP) is 2.35. The van der Waals surface area contributed by atoms with E-state index in [0.29, 0.717) is 29.4 Å². The van der Waals surface area contributed by atoms with E-state index < -0.39 is 6.04 Å². The van der Waals surface area contributed by atoms with Gasteiger partial charge in [0.15, 0.2) is 5.69 Å². The number of amides is 2. The quantitative estimate of drug-likeness (QED) is 0.682. The SMILES string of the molecule is N#Cc1ccc(NC(=O)C2CSCN2C(=O)c2cn(Cc3ccccc3)nn2)cc1. The fourth-order valence-corrected chi connectivity index (χ4v) is 4.26. The normalized spacial score (nSPS) is 15.6. The van der Waals surface area contributed by atoms with Gasteiger partial charge in [-0.05, 0) is 29.8 Å². The molecular formula is C21H18N6O2S. The van der Waals surface area contributed by atoms with Crippen molar-refractivity contribution in [1.82, 2.24) is 19.9 Å². The monoisotopic (exact) mass is 418 g/mol. The number of carbonyl (C=O) groups is 2. The third-order valence-corrected chi connectivity index (χ3v) is 5.68. The number of aromatic nitrogens is 3. The van der Waals surface area contributed by atoms with Gasteiger partial charge in [0.05, 0.1) is 30.3 Å². The maximum Gasteiger partial charge on any atom is 0.277 e. The number of rotatable bonds is 5. The average Bonchev–Trinajstić information content (AvgIpc) is 3.44. The molecule has 8 nitrogen and oxygen atoms in total. The smallest absolute Gasteiger partial charge is 0.277 e. The first-order valence-electron chi connectivity index (χ1n) is 9.28. The molecule has 30 heavy (non-hydrogen) atoms. The van der Waals surface area contributed by atoms with Gasteiger partial charge in [0.2, 0.25) is 5.91 Å². The van der Waals surface area contributed by atoms with Crippen molar-refractivity contribution in [2.24, 2.45) is 0 Å². The Labute approximate surface area is 177 Å². The van der Waals surface area contributed by atoms with Crippen LogP contribution in [0.2, 0.25) is 0 Å². The van der Waals surface area contributed by atoms with Gasteiger partial charge in [-0.1, -0.05) is 35.5 Å². The number of nitrogens with zero attached hydrogens (tertiary/aromatic N) is 5. The Hall–Kier alpha value is -3.64. The fraction of sp³-hybridized carbons (Fsp3) is 0.190. The summed E-state index contributed by atoms with van der Waals surface area (Å²) in [5.74, 6) is 0.330. The second-order valence-electron chi connectivity index (χ2n) is 6.76. The van der Waals surface area contributed by atoms with Crippen molar-refractivity contribution in [2.45, 2.75) is 12.6 Å². The topological polar surface area (TPSA) is 104 Å². The molecule has 1 fully saturated rings. The number of nitriles is 1. The summed E-state index contributed by atoms with van der Waals surface area (Å²) in [6.45, 7) is 0.512. The van der Waals surface area contributed by atoms with Crippen molar-refractivity contribution in [2.75, 3.05) is 16.9 Å². The lowest BCUT2D eigenvalue weighted by molar-refractivity contribution is -0.119. The number of hydrogen-bond donors (Lipinski definition) is 1. The predicted molar refractivity (Wildman–Crippen MR) is 113 cm³/mol. The van der Waals surface area contributed by atoms with Crippen LogP contribution in [0.3, 0.4) is 0 Å². The van der Waals surface area contributed by atoms with E-state index in [1.807, 2.05) is 36.4 Å². The van der Waals surface area contributed by atoms with Gasteiger partial charge in [-0.25, -0.2) is 4.68 Å². The van der Waals surface area contributed by atoms with Crippen LogP contribution in [0.1, 0.15) is 21.6 Å². The first-order chi connectivity index (χ1) is 14.6. The second-order valence-corrected chi connectivity index (χ2v) is 7.76. The zero-order valence-corrected chi connectivity index (χ0v) is 16.7. The molecule has 3 aromatic rings. The molecule has 1 atom stereocenters. The fourth-order valence-electron chi connectivity index (χ4n) is 3.10. The van der Waals surface area contributed by atoms with E-state index in [1.54, 1.807) is 35.1 Å². The molecule has 0 bridgehead atoms. The number of benzene rings is 2. The molecule has 1 aliphatic rings. The Morgan fingerprint density at radius 3 is 2.67 bits per heavy atom. The molecule has 0 aliphatic carbocycles. The summed E-state index contributed by atoms with van der Waals surface area (Å²) in [6.07, 6.45) is 1.61. The maximum absolute atomic E-state index is 12.9. The summed E-state index contributed by atoms with van der Waals surface area (Å²) in [5, 5.41) is 19.7. The highest BCUT2D eigenvalue weighted by atomic mass is 32.2. The van der Waals surface area contributed by atoms with Crippen LogP contribution in [0.15, 0.2) is 60.8 Å². The first kappa shape index (κ1) is 19.7. The largest absolute Gasteiger partial charge is 0.324 e. The lowest BCUT2D eigenvalue weighted by Crippen LogP contribution is -2.44. The molecule has 2 heterocycles. The van der Waals surface area contributed by atoms with Crippen molar-refractivity contribution in [3.8, 4) is 6.07 Å². The van der Waals surface area contributed by atoms with Crippen LogP contribution >= 0.6 is 11.8 Å². The van der Waals surface area contributed by atoms with Crippen molar-refractivity contribution in [1.29, 1.82) is 5.26 Å². The molecule has 9 heteroatoms. The summed E-state index contributed by atoms with van der Waals surface area (Å²) in [4.78, 5) is 27.2. The molecule has 1 aliphatic heterocycles. The van der Waals surface area contributed by atoms with Crippen molar-refractivity contribution >= 4 is 29.3 Å². The molecule has 150 valence electrons. The van der Waals surface area contributed by atoms with Gasteiger partial charge in [-0.3, -0.25) is 9.59 Å². The molecule has 0 spiro atoms. The minimum absolute atomic E-state index is 0.213. The average molecular weight is 418 g/mol. The van der Waals surface area contributed by atoms with E-state index >= 15 is 0 Å². The Balaban J connectivity index is 1.43. The van der Waals surface area contributed by atoms with Crippen LogP contribution < -0.4 is 5.32 Å². The van der Waals surface area contributed by atoms with Gasteiger partial charge >= 0.3 is 0 Å². The van der Waals surface area contributed by atoms with Gasteiger partial charge in [0.1, 0.15) is 6.04 Å². The van der Waals surface area contributed by atoms with Crippen LogP contribution in [0.5, 0.6) is 0 Å². The first-order valence-corrected chi connectivity index (χ1v) is 10.4. The minimum atomic E-state index is -0.600. The van der Waals surface area contributed by atoms with Crippen LogP contribution in [0.4, 0.5) is 5.69 Å². The molecule has 0 radical (unpaired) electrons. The van der Waals surface area contributed by atoms with Crippen LogP contribution in [0, 0.1) is 11.3 Å². The molecule has 1 N–H and O–H groups in total. The van der Waals surface area contributed by atoms with Gasteiger partial charge in [-0.2, -0.15) is 5.26 Å². The van der Waals surface area contributed by atoms with Gasteiger partial charge in [0.25, 0.3) is 5.91 Å². The molecule has 2 amide bonds. The summed E-state index contributed by atoms with van der Waals surface area (Å²) in [5.41, 5.74) is 2.36. The Bertz CT molecular complexity index is 1090. The number of hydrogen-bond acceptors (Lipinski definition) is 6. The van der Waals surface area contributed by atoms with Crippen LogP contribution in [-0.2, 0) is 11.3 Å². The summed E-state index contributed by atoms with van der Waals surface area (Å²) in [6, 6.07) is 17.8. The summed E-state index contributed by atoms with van der Waals surface area (Å²) in [7, 11) is 0. The molecule has 1 aromatic heterocycles. The number of thioether (sulfide) groups is 1. The molecule has 4 rings (SSSR count). The summed E-state index contributed by atoms with van der Waals surface area (Å²) < 4.78 is 1.61. The second kappa shape index (κ2) is 8.80. The van der Waals surface area contributed by atoms with E-state index in [2.05, 4.69) is 15.6 Å². The third-order valence-electron chi connectivity index (χ3n) is 4.67. The molecular weight excluding hydrogens is 400 g/mol. The van der Waals surface area contributed by atoms with Gasteiger partial charge < -0.3 is 10.2 Å². The Morgan fingerprint density at radius 1 is 1.17 bits per heavy atom. The van der Waals surface area contributed by atoms with E-state index in [-0.39, 0.29) is 17.5 Å². The lowest BCUT2D eigenvalue weighted by atomic mass is 10.2. The minimum Gasteiger partial charge on any atom is -0.324 e. The van der Waals surface area contributed by atoms with Crippen molar-refractivity contribution in [3.05, 3.63) is 77.6 Å². The van der Waals surface area contributed by atoms with Crippen molar-refractivity contribution < 1.29 is 9.59 Å². The maximum atomic E-state index is 12.9. The summed E-state index contributed by atoms with van der Waals surface area (Å²) >= 11 is 1.51. The zero-order chi connectivity index (χ0) is 20.9. The van der Waals surface area contributed by atoms with Crippen molar-refractivity contribution in [3.63, 3.8) is 0 Å². The highest BCUT2D eigenvalue weighted by molar-refractivity contribution is 7.99. The zero-order valence-electron chi connectivity index (χ0n) is 15.9.